The second-order valence-corrected chi connectivity index (χ2v) is 10.5. The van der Waals surface area contributed by atoms with Gasteiger partial charge in [-0.1, -0.05) is 25.6 Å². The van der Waals surface area contributed by atoms with Crippen molar-refractivity contribution >= 4 is 38.4 Å². The summed E-state index contributed by atoms with van der Waals surface area (Å²) in [5, 5.41) is 0.454. The molecule has 3 heterocycles. The monoisotopic (exact) mass is 396 g/mol. The van der Waals surface area contributed by atoms with E-state index in [0.717, 1.165) is 5.69 Å². The lowest BCUT2D eigenvalue weighted by Gasteiger charge is -2.24. The number of carbonyl (C=O) groups is 1. The molecule has 0 radical (unpaired) electrons. The first-order valence-corrected chi connectivity index (χ1v) is 11.2. The van der Waals surface area contributed by atoms with Crippen LogP contribution in [0.3, 0.4) is 0 Å². The average molecular weight is 396 g/mol. The van der Waals surface area contributed by atoms with Crippen LogP contribution in [-0.4, -0.2) is 49.1 Å². The average Bonchev–Trinajstić information content (AvgIpc) is 3.17. The summed E-state index contributed by atoms with van der Waals surface area (Å²) in [6.45, 7) is 4.11. The van der Waals surface area contributed by atoms with Crippen LogP contribution in [0.2, 0.25) is 0 Å². The fourth-order valence-electron chi connectivity index (χ4n) is 3.40. The van der Waals surface area contributed by atoms with Gasteiger partial charge in [0.1, 0.15) is 0 Å². The molecule has 2 fully saturated rings. The zero-order valence-electron chi connectivity index (χ0n) is 14.5. The number of rotatable bonds is 3. The Balaban J connectivity index is 1.70. The van der Waals surface area contributed by atoms with E-state index in [9.17, 15) is 13.2 Å². The Hall–Kier alpha value is -1.74. The SMILES string of the molecule is CC(C)CC(=O)N=C1S[C@H]2CS(=O)(=O)C[C@@H]2N1c1ccc2c(c1)OCO2. The van der Waals surface area contributed by atoms with Crippen LogP contribution in [0.1, 0.15) is 20.3 Å². The number of thioether (sulfide) groups is 1. The van der Waals surface area contributed by atoms with Crippen LogP contribution in [0, 0.1) is 5.92 Å². The van der Waals surface area contributed by atoms with Gasteiger partial charge >= 0.3 is 0 Å². The third-order valence-corrected chi connectivity index (χ3v) is 7.71. The normalized spacial score (nSPS) is 27.3. The van der Waals surface area contributed by atoms with Crippen molar-refractivity contribution in [3.63, 3.8) is 0 Å². The molecule has 26 heavy (non-hydrogen) atoms. The molecule has 0 aromatic heterocycles. The highest BCUT2D eigenvalue weighted by Crippen LogP contribution is 2.43. The summed E-state index contributed by atoms with van der Waals surface area (Å²) >= 11 is 1.38. The topological polar surface area (TPSA) is 85.3 Å². The minimum atomic E-state index is -3.09. The van der Waals surface area contributed by atoms with Crippen LogP contribution < -0.4 is 14.4 Å². The molecule has 4 rings (SSSR count). The van der Waals surface area contributed by atoms with Gasteiger partial charge in [0, 0.05) is 23.4 Å². The largest absolute Gasteiger partial charge is 0.454 e. The number of amides is 1. The van der Waals surface area contributed by atoms with Crippen molar-refractivity contribution in [1.29, 1.82) is 0 Å². The Morgan fingerprint density at radius 2 is 2.08 bits per heavy atom. The summed E-state index contributed by atoms with van der Waals surface area (Å²) in [5.41, 5.74) is 0.766. The molecule has 1 aromatic rings. The van der Waals surface area contributed by atoms with Crippen molar-refractivity contribution in [2.45, 2.75) is 31.6 Å². The Labute approximate surface area is 156 Å². The van der Waals surface area contributed by atoms with Crippen molar-refractivity contribution in [1.82, 2.24) is 0 Å². The predicted molar refractivity (Wildman–Crippen MR) is 101 cm³/mol. The number of hydrogen-bond acceptors (Lipinski definition) is 6. The Morgan fingerprint density at radius 1 is 1.31 bits per heavy atom. The van der Waals surface area contributed by atoms with Gasteiger partial charge < -0.3 is 14.4 Å². The van der Waals surface area contributed by atoms with Crippen LogP contribution in [0.5, 0.6) is 11.5 Å². The molecule has 2 saturated heterocycles. The smallest absolute Gasteiger partial charge is 0.248 e. The Bertz CT molecular complexity index is 881. The molecule has 1 aromatic carbocycles. The van der Waals surface area contributed by atoms with E-state index in [1.54, 1.807) is 6.07 Å². The minimum Gasteiger partial charge on any atom is -0.454 e. The van der Waals surface area contributed by atoms with Crippen LogP contribution in [0.4, 0.5) is 5.69 Å². The van der Waals surface area contributed by atoms with Crippen molar-refractivity contribution in [2.24, 2.45) is 10.9 Å². The molecule has 3 aliphatic heterocycles. The predicted octanol–water partition coefficient (Wildman–Crippen LogP) is 2.06. The Kier molecular flexibility index (Phi) is 4.38. The van der Waals surface area contributed by atoms with Crippen LogP contribution >= 0.6 is 11.8 Å². The van der Waals surface area contributed by atoms with Gasteiger partial charge in [0.25, 0.3) is 0 Å². The number of fused-ring (bicyclic) bond motifs is 2. The summed E-state index contributed by atoms with van der Waals surface area (Å²) in [6, 6.07) is 5.24. The molecule has 7 nitrogen and oxygen atoms in total. The van der Waals surface area contributed by atoms with Gasteiger partial charge in [0.05, 0.1) is 17.5 Å². The van der Waals surface area contributed by atoms with Gasteiger partial charge in [0.15, 0.2) is 26.5 Å². The van der Waals surface area contributed by atoms with E-state index < -0.39 is 9.84 Å². The third-order valence-electron chi connectivity index (χ3n) is 4.50. The number of amidine groups is 1. The number of sulfone groups is 1. The summed E-state index contributed by atoms with van der Waals surface area (Å²) in [5.74, 6) is 1.49. The molecule has 0 unspecified atom stereocenters. The lowest BCUT2D eigenvalue weighted by atomic mass is 10.1. The molecular formula is C17H20N2O5S2. The minimum absolute atomic E-state index is 0.0660. The highest BCUT2D eigenvalue weighted by Gasteiger charge is 2.49. The van der Waals surface area contributed by atoms with Crippen molar-refractivity contribution in [3.8, 4) is 11.5 Å². The highest BCUT2D eigenvalue weighted by molar-refractivity contribution is 8.16. The molecule has 0 saturated carbocycles. The van der Waals surface area contributed by atoms with Gasteiger partial charge in [-0.15, -0.1) is 0 Å². The number of aliphatic imine (C=N–C) groups is 1. The number of anilines is 1. The van der Waals surface area contributed by atoms with E-state index in [-0.39, 0.29) is 41.4 Å². The molecular weight excluding hydrogens is 376 g/mol. The molecule has 3 aliphatic rings. The fourth-order valence-corrected chi connectivity index (χ4v) is 7.33. The fraction of sp³-hybridized carbons (Fsp3) is 0.529. The van der Waals surface area contributed by atoms with Crippen LogP contribution in [-0.2, 0) is 14.6 Å². The van der Waals surface area contributed by atoms with Gasteiger partial charge in [0.2, 0.25) is 12.7 Å². The number of ether oxygens (including phenoxy) is 2. The first-order valence-electron chi connectivity index (χ1n) is 8.50. The summed E-state index contributed by atoms with van der Waals surface area (Å²) in [6.07, 6.45) is 0.368. The van der Waals surface area contributed by atoms with E-state index in [1.165, 1.54) is 11.8 Å². The van der Waals surface area contributed by atoms with E-state index in [2.05, 4.69) is 4.99 Å². The van der Waals surface area contributed by atoms with Crippen LogP contribution in [0.25, 0.3) is 0 Å². The van der Waals surface area contributed by atoms with E-state index in [1.807, 2.05) is 30.9 Å². The number of benzene rings is 1. The van der Waals surface area contributed by atoms with Gasteiger partial charge in [-0.2, -0.15) is 4.99 Å². The third kappa shape index (κ3) is 3.29. The lowest BCUT2D eigenvalue weighted by Crippen LogP contribution is -2.37. The summed E-state index contributed by atoms with van der Waals surface area (Å²) in [7, 11) is -3.09. The summed E-state index contributed by atoms with van der Waals surface area (Å²) < 4.78 is 35.0. The molecule has 140 valence electrons. The number of carbonyl (C=O) groups excluding carboxylic acids is 1. The molecule has 0 N–H and O–H groups in total. The zero-order valence-corrected chi connectivity index (χ0v) is 16.2. The highest BCUT2D eigenvalue weighted by atomic mass is 32.2. The van der Waals surface area contributed by atoms with Crippen molar-refractivity contribution < 1.29 is 22.7 Å². The summed E-state index contributed by atoms with van der Waals surface area (Å²) in [4.78, 5) is 18.4. The Morgan fingerprint density at radius 3 is 2.85 bits per heavy atom. The number of hydrogen-bond donors (Lipinski definition) is 0. The maximum atomic E-state index is 12.2. The quantitative estimate of drug-likeness (QED) is 0.773. The second kappa shape index (κ2) is 6.45. The van der Waals surface area contributed by atoms with Gasteiger partial charge in [-0.3, -0.25) is 4.79 Å². The molecule has 1 amide bonds. The van der Waals surface area contributed by atoms with E-state index in [0.29, 0.717) is 23.1 Å². The van der Waals surface area contributed by atoms with Crippen molar-refractivity contribution in [3.05, 3.63) is 18.2 Å². The maximum absolute atomic E-state index is 12.2. The van der Waals surface area contributed by atoms with E-state index >= 15 is 0 Å². The molecule has 2 atom stereocenters. The first-order chi connectivity index (χ1) is 12.3. The van der Waals surface area contributed by atoms with Gasteiger partial charge in [-0.25, -0.2) is 8.42 Å². The van der Waals surface area contributed by atoms with Crippen LogP contribution in [0.15, 0.2) is 23.2 Å². The first kappa shape index (κ1) is 17.7. The zero-order chi connectivity index (χ0) is 18.5. The maximum Gasteiger partial charge on any atom is 0.248 e. The molecule has 0 bridgehead atoms. The lowest BCUT2D eigenvalue weighted by molar-refractivity contribution is -0.118. The standard InChI is InChI=1S/C17H20N2O5S2/c1-10(2)5-16(20)18-17-19(12-7-26(21,22)8-15(12)25-17)11-3-4-13-14(6-11)24-9-23-13/h3-4,6,10,12,15H,5,7-9H2,1-2H3/t12-,15-/m0/s1. The van der Waals surface area contributed by atoms with Crippen molar-refractivity contribution in [2.75, 3.05) is 23.2 Å². The molecule has 9 heteroatoms. The molecule has 0 spiro atoms. The van der Waals surface area contributed by atoms with Gasteiger partial charge in [-0.05, 0) is 18.1 Å². The second-order valence-electron chi connectivity index (χ2n) is 7.09. The number of nitrogens with zero attached hydrogens (tertiary/aromatic N) is 2. The van der Waals surface area contributed by atoms with E-state index in [4.69, 9.17) is 9.47 Å². The molecule has 0 aliphatic carbocycles.